The van der Waals surface area contributed by atoms with Crippen molar-refractivity contribution in [3.05, 3.63) is 43.9 Å². The molecule has 3 rings (SSSR count). The van der Waals surface area contributed by atoms with Crippen molar-refractivity contribution in [2.75, 3.05) is 33.3 Å². The highest BCUT2D eigenvalue weighted by atomic mass is 35.5. The van der Waals surface area contributed by atoms with E-state index in [2.05, 4.69) is 9.88 Å². The van der Waals surface area contributed by atoms with Gasteiger partial charge in [-0.15, -0.1) is 11.3 Å². The summed E-state index contributed by atoms with van der Waals surface area (Å²) in [5.41, 5.74) is 1.57. The maximum absolute atomic E-state index is 12.8. The van der Waals surface area contributed by atoms with E-state index in [1.807, 2.05) is 12.1 Å². The topological polar surface area (TPSA) is 82.7 Å². The van der Waals surface area contributed by atoms with E-state index in [1.165, 1.54) is 18.9 Å². The lowest BCUT2D eigenvalue weighted by Gasteiger charge is -2.34. The van der Waals surface area contributed by atoms with Crippen LogP contribution in [0.1, 0.15) is 43.9 Å². The number of ether oxygens (including phenoxy) is 1. The molecule has 1 saturated heterocycles. The SMILES string of the molecule is COC(=O)c1c(CC(=O)N2CCN(Cc3ccc(Cl)s3)CC2)[nH]c(C(C)=O)c1C. The van der Waals surface area contributed by atoms with Crippen LogP contribution in [0.15, 0.2) is 12.1 Å². The Morgan fingerprint density at radius 3 is 2.45 bits per heavy atom. The molecular weight excluding hydrogens is 414 g/mol. The van der Waals surface area contributed by atoms with Crippen LogP contribution < -0.4 is 0 Å². The Balaban J connectivity index is 1.64. The van der Waals surface area contributed by atoms with E-state index >= 15 is 0 Å². The van der Waals surface area contributed by atoms with E-state index < -0.39 is 5.97 Å². The maximum atomic E-state index is 12.8. The van der Waals surface area contributed by atoms with Gasteiger partial charge in [0.15, 0.2) is 5.78 Å². The van der Waals surface area contributed by atoms with Gasteiger partial charge >= 0.3 is 5.97 Å². The lowest BCUT2D eigenvalue weighted by Crippen LogP contribution is -2.48. The van der Waals surface area contributed by atoms with Gasteiger partial charge in [-0.05, 0) is 24.6 Å². The molecule has 1 fully saturated rings. The number of rotatable bonds is 6. The summed E-state index contributed by atoms with van der Waals surface area (Å²) < 4.78 is 5.62. The first kappa shape index (κ1) is 21.5. The van der Waals surface area contributed by atoms with Gasteiger partial charge < -0.3 is 14.6 Å². The number of amides is 1. The molecule has 3 heterocycles. The maximum Gasteiger partial charge on any atom is 0.339 e. The monoisotopic (exact) mass is 437 g/mol. The highest BCUT2D eigenvalue weighted by molar-refractivity contribution is 7.16. The van der Waals surface area contributed by atoms with Gasteiger partial charge in [-0.2, -0.15) is 0 Å². The fourth-order valence-electron chi connectivity index (χ4n) is 3.60. The summed E-state index contributed by atoms with van der Waals surface area (Å²) in [7, 11) is 1.29. The average molecular weight is 438 g/mol. The zero-order valence-electron chi connectivity index (χ0n) is 16.7. The molecule has 0 atom stereocenters. The normalized spacial score (nSPS) is 14.8. The van der Waals surface area contributed by atoms with Crippen molar-refractivity contribution >= 4 is 40.6 Å². The van der Waals surface area contributed by atoms with Gasteiger partial charge in [-0.3, -0.25) is 14.5 Å². The van der Waals surface area contributed by atoms with E-state index in [1.54, 1.807) is 23.2 Å². The van der Waals surface area contributed by atoms with Gasteiger partial charge in [0.2, 0.25) is 5.91 Å². The highest BCUT2D eigenvalue weighted by Crippen LogP contribution is 2.24. The minimum absolute atomic E-state index is 0.0269. The van der Waals surface area contributed by atoms with Crippen LogP contribution in [0, 0.1) is 6.92 Å². The number of thiophene rings is 1. The Hall–Kier alpha value is -2.16. The number of piperazine rings is 1. The first-order valence-electron chi connectivity index (χ1n) is 9.35. The minimum atomic E-state index is -0.548. The van der Waals surface area contributed by atoms with Gasteiger partial charge in [-0.1, -0.05) is 11.6 Å². The Kier molecular flexibility index (Phi) is 6.77. The molecule has 0 unspecified atom stereocenters. The summed E-state index contributed by atoms with van der Waals surface area (Å²) in [4.78, 5) is 45.1. The Labute approximate surface area is 178 Å². The number of H-pyrrole nitrogens is 1. The predicted octanol–water partition coefficient (Wildman–Crippen LogP) is 2.91. The van der Waals surface area contributed by atoms with Crippen molar-refractivity contribution in [1.82, 2.24) is 14.8 Å². The predicted molar refractivity (Wildman–Crippen MR) is 112 cm³/mol. The van der Waals surface area contributed by atoms with Gasteiger partial charge in [0, 0.05) is 50.2 Å². The standard InChI is InChI=1S/C20H24ClN3O4S/c1-12-18(20(27)28-3)15(22-19(12)13(2)25)10-17(26)24-8-6-23(7-9-24)11-14-4-5-16(21)29-14/h4-5,22H,6-11H2,1-3H3. The number of aromatic nitrogens is 1. The number of hydrogen-bond donors (Lipinski definition) is 1. The van der Waals surface area contributed by atoms with Crippen LogP contribution in [0.25, 0.3) is 0 Å². The fraction of sp³-hybridized carbons (Fsp3) is 0.450. The van der Waals surface area contributed by atoms with Crippen LogP contribution >= 0.6 is 22.9 Å². The smallest absolute Gasteiger partial charge is 0.339 e. The third-order valence-electron chi connectivity index (χ3n) is 5.13. The van der Waals surface area contributed by atoms with Crippen LogP contribution in [0.4, 0.5) is 0 Å². The molecule has 0 bridgehead atoms. The van der Waals surface area contributed by atoms with Gasteiger partial charge in [0.05, 0.1) is 29.1 Å². The molecule has 9 heteroatoms. The minimum Gasteiger partial charge on any atom is -0.465 e. The zero-order chi connectivity index (χ0) is 21.1. The number of Topliss-reactive ketones (excluding diaryl/α,β-unsaturated/α-hetero) is 1. The average Bonchev–Trinajstić information content (AvgIpc) is 3.24. The number of aromatic amines is 1. The number of ketones is 1. The van der Waals surface area contributed by atoms with Gasteiger partial charge in [0.1, 0.15) is 0 Å². The number of nitrogens with one attached hydrogen (secondary N) is 1. The molecule has 1 aliphatic rings. The second-order valence-corrected chi connectivity index (χ2v) is 8.87. The van der Waals surface area contributed by atoms with Crippen molar-refractivity contribution < 1.29 is 19.1 Å². The highest BCUT2D eigenvalue weighted by Gasteiger charge is 2.27. The molecule has 29 heavy (non-hydrogen) atoms. The number of methoxy groups -OCH3 is 1. The third kappa shape index (κ3) is 4.88. The van der Waals surface area contributed by atoms with Crippen LogP contribution in [0.5, 0.6) is 0 Å². The molecule has 156 valence electrons. The van der Waals surface area contributed by atoms with E-state index in [4.69, 9.17) is 16.3 Å². The summed E-state index contributed by atoms with van der Waals surface area (Å²) in [5, 5.41) is 0. The van der Waals surface area contributed by atoms with E-state index in [9.17, 15) is 14.4 Å². The Bertz CT molecular complexity index is 928. The Morgan fingerprint density at radius 1 is 1.21 bits per heavy atom. The number of halogens is 1. The summed E-state index contributed by atoms with van der Waals surface area (Å²) >= 11 is 7.56. The lowest BCUT2D eigenvalue weighted by molar-refractivity contribution is -0.132. The number of hydrogen-bond acceptors (Lipinski definition) is 6. The second kappa shape index (κ2) is 9.11. The first-order valence-corrected chi connectivity index (χ1v) is 10.5. The molecule has 0 radical (unpaired) electrons. The number of esters is 1. The fourth-order valence-corrected chi connectivity index (χ4v) is 4.73. The largest absolute Gasteiger partial charge is 0.465 e. The van der Waals surface area contributed by atoms with E-state index in [0.29, 0.717) is 30.0 Å². The quantitative estimate of drug-likeness (QED) is 0.555. The number of carbonyl (C=O) groups is 3. The van der Waals surface area contributed by atoms with E-state index in [-0.39, 0.29) is 23.7 Å². The Morgan fingerprint density at radius 2 is 1.90 bits per heavy atom. The summed E-state index contributed by atoms with van der Waals surface area (Å²) in [6.45, 7) is 6.70. The molecule has 0 spiro atoms. The van der Waals surface area contributed by atoms with Crippen molar-refractivity contribution in [2.45, 2.75) is 26.8 Å². The first-order chi connectivity index (χ1) is 13.8. The third-order valence-corrected chi connectivity index (χ3v) is 6.35. The van der Waals surface area contributed by atoms with Crippen molar-refractivity contribution in [3.8, 4) is 0 Å². The molecule has 0 aliphatic carbocycles. The summed E-state index contributed by atoms with van der Waals surface area (Å²) in [5.74, 6) is -0.813. The molecule has 1 amide bonds. The number of carbonyl (C=O) groups excluding carboxylic acids is 3. The van der Waals surface area contributed by atoms with Crippen molar-refractivity contribution in [1.29, 1.82) is 0 Å². The van der Waals surface area contributed by atoms with Crippen LogP contribution in [-0.2, 0) is 22.5 Å². The molecule has 2 aromatic rings. The lowest BCUT2D eigenvalue weighted by atomic mass is 10.1. The zero-order valence-corrected chi connectivity index (χ0v) is 18.3. The van der Waals surface area contributed by atoms with Crippen LogP contribution in [0.2, 0.25) is 4.34 Å². The second-order valence-electron chi connectivity index (χ2n) is 7.07. The molecule has 0 saturated carbocycles. The molecule has 2 aromatic heterocycles. The van der Waals surface area contributed by atoms with Crippen LogP contribution in [-0.4, -0.2) is 65.7 Å². The molecule has 1 N–H and O–H groups in total. The molecule has 1 aliphatic heterocycles. The molecular formula is C20H24ClN3O4S. The van der Waals surface area contributed by atoms with Crippen LogP contribution in [0.3, 0.4) is 0 Å². The summed E-state index contributed by atoms with van der Waals surface area (Å²) in [6.07, 6.45) is 0.0269. The van der Waals surface area contributed by atoms with Crippen molar-refractivity contribution in [3.63, 3.8) is 0 Å². The molecule has 0 aromatic carbocycles. The molecule has 7 nitrogen and oxygen atoms in total. The van der Waals surface area contributed by atoms with Gasteiger partial charge in [-0.25, -0.2) is 4.79 Å². The number of nitrogens with zero attached hydrogens (tertiary/aromatic N) is 2. The summed E-state index contributed by atoms with van der Waals surface area (Å²) in [6, 6.07) is 3.92. The van der Waals surface area contributed by atoms with E-state index in [0.717, 1.165) is 24.0 Å². The van der Waals surface area contributed by atoms with Gasteiger partial charge in [0.25, 0.3) is 0 Å². The van der Waals surface area contributed by atoms with Crippen molar-refractivity contribution in [2.24, 2.45) is 0 Å².